The molecule has 0 saturated heterocycles. The maximum atomic E-state index is 11.6. The van der Waals surface area contributed by atoms with Crippen LogP contribution < -0.4 is 0 Å². The van der Waals surface area contributed by atoms with Crippen LogP contribution in [0.1, 0.15) is 51.0 Å². The molecular formula is C16H24O4. The van der Waals surface area contributed by atoms with Crippen LogP contribution >= 0.6 is 0 Å². The topological polar surface area (TPSA) is 66.8 Å². The van der Waals surface area contributed by atoms with Crippen molar-refractivity contribution in [1.29, 1.82) is 0 Å². The summed E-state index contributed by atoms with van der Waals surface area (Å²) in [5, 5.41) is 18.5. The molecule has 0 aromatic heterocycles. The molecule has 1 aromatic rings. The highest BCUT2D eigenvalue weighted by molar-refractivity contribution is 5.78. The molecule has 4 nitrogen and oxygen atoms in total. The van der Waals surface area contributed by atoms with Crippen LogP contribution in [0.4, 0.5) is 0 Å². The van der Waals surface area contributed by atoms with Crippen molar-refractivity contribution < 1.29 is 19.7 Å². The molecule has 112 valence electrons. The van der Waals surface area contributed by atoms with Crippen molar-refractivity contribution in [2.75, 3.05) is 6.61 Å². The first-order valence-electron chi connectivity index (χ1n) is 7.23. The average molecular weight is 280 g/mol. The van der Waals surface area contributed by atoms with Crippen LogP contribution in [-0.4, -0.2) is 22.6 Å². The fraction of sp³-hybridized carbons (Fsp3) is 0.562. The Balaban J connectivity index is 2.12. The Morgan fingerprint density at radius 2 is 1.90 bits per heavy atom. The van der Waals surface area contributed by atoms with Gasteiger partial charge in [0.15, 0.2) is 11.5 Å². The number of phenols is 2. The molecule has 0 radical (unpaired) electrons. The molecule has 1 aromatic carbocycles. The molecule has 0 bridgehead atoms. The van der Waals surface area contributed by atoms with Crippen molar-refractivity contribution in [2.24, 2.45) is 0 Å². The van der Waals surface area contributed by atoms with Gasteiger partial charge in [-0.2, -0.15) is 0 Å². The van der Waals surface area contributed by atoms with E-state index in [0.717, 1.165) is 18.4 Å². The quantitative estimate of drug-likeness (QED) is 0.508. The number of unbranched alkanes of at least 4 members (excludes halogenated alkanes) is 3. The largest absolute Gasteiger partial charge is 0.504 e. The molecule has 0 heterocycles. The zero-order valence-electron chi connectivity index (χ0n) is 12.1. The number of rotatable bonds is 10. The van der Waals surface area contributed by atoms with Crippen molar-refractivity contribution in [3.63, 3.8) is 0 Å². The number of phenolic OH excluding ortho intramolecular Hbond substituents is 2. The van der Waals surface area contributed by atoms with Gasteiger partial charge in [-0.15, -0.1) is 0 Å². The fourth-order valence-corrected chi connectivity index (χ4v) is 1.91. The van der Waals surface area contributed by atoms with Crippen molar-refractivity contribution in [1.82, 2.24) is 0 Å². The fourth-order valence-electron chi connectivity index (χ4n) is 1.91. The highest BCUT2D eigenvalue weighted by atomic mass is 16.5. The Bertz CT molecular complexity index is 415. The van der Waals surface area contributed by atoms with Gasteiger partial charge in [0.1, 0.15) is 5.78 Å². The Morgan fingerprint density at radius 1 is 1.10 bits per heavy atom. The van der Waals surface area contributed by atoms with Crippen LogP contribution in [0.5, 0.6) is 11.5 Å². The van der Waals surface area contributed by atoms with E-state index in [9.17, 15) is 15.0 Å². The third-order valence-corrected chi connectivity index (χ3v) is 3.14. The van der Waals surface area contributed by atoms with E-state index in [1.165, 1.54) is 25.0 Å². The second kappa shape index (κ2) is 9.37. The van der Waals surface area contributed by atoms with Gasteiger partial charge in [-0.05, 0) is 24.1 Å². The van der Waals surface area contributed by atoms with Crippen LogP contribution in [0.3, 0.4) is 0 Å². The first-order chi connectivity index (χ1) is 9.63. The van der Waals surface area contributed by atoms with Gasteiger partial charge < -0.3 is 14.9 Å². The van der Waals surface area contributed by atoms with E-state index >= 15 is 0 Å². The molecule has 0 aliphatic heterocycles. The van der Waals surface area contributed by atoms with Crippen LogP contribution in [0.25, 0.3) is 0 Å². The minimum atomic E-state index is -0.155. The summed E-state index contributed by atoms with van der Waals surface area (Å²) in [5.74, 6) is -0.0521. The summed E-state index contributed by atoms with van der Waals surface area (Å²) in [6.45, 7) is 2.88. The number of hydrogen-bond acceptors (Lipinski definition) is 4. The molecule has 4 heteroatoms. The smallest absolute Gasteiger partial charge is 0.157 e. The van der Waals surface area contributed by atoms with Gasteiger partial charge in [0.2, 0.25) is 0 Å². The molecule has 1 rings (SSSR count). The molecular weight excluding hydrogens is 256 g/mol. The van der Waals surface area contributed by atoms with E-state index in [4.69, 9.17) is 4.74 Å². The number of carbonyl (C=O) groups excluding carboxylic acids is 1. The van der Waals surface area contributed by atoms with Crippen molar-refractivity contribution in [3.05, 3.63) is 23.8 Å². The summed E-state index contributed by atoms with van der Waals surface area (Å²) in [6.07, 6.45) is 5.54. The van der Waals surface area contributed by atoms with Crippen molar-refractivity contribution in [2.45, 2.75) is 52.1 Å². The van der Waals surface area contributed by atoms with Crippen LogP contribution in [-0.2, 0) is 16.1 Å². The zero-order chi connectivity index (χ0) is 14.8. The highest BCUT2D eigenvalue weighted by Gasteiger charge is 2.03. The van der Waals surface area contributed by atoms with E-state index < -0.39 is 0 Å². The van der Waals surface area contributed by atoms with E-state index in [1.54, 1.807) is 6.07 Å². The lowest BCUT2D eigenvalue weighted by Gasteiger charge is -2.05. The number of ketones is 1. The first-order valence-corrected chi connectivity index (χ1v) is 7.23. The third-order valence-electron chi connectivity index (χ3n) is 3.14. The second-order valence-corrected chi connectivity index (χ2v) is 4.97. The molecule has 2 N–H and O–H groups in total. The minimum Gasteiger partial charge on any atom is -0.504 e. The van der Waals surface area contributed by atoms with Gasteiger partial charge in [0, 0.05) is 12.8 Å². The Kier molecular flexibility index (Phi) is 7.73. The lowest BCUT2D eigenvalue weighted by atomic mass is 10.1. The van der Waals surface area contributed by atoms with Gasteiger partial charge in [0.05, 0.1) is 13.2 Å². The highest BCUT2D eigenvalue weighted by Crippen LogP contribution is 2.25. The zero-order valence-corrected chi connectivity index (χ0v) is 12.1. The van der Waals surface area contributed by atoms with Crippen molar-refractivity contribution in [3.8, 4) is 11.5 Å². The maximum absolute atomic E-state index is 11.6. The molecule has 0 aliphatic rings. The predicted molar refractivity (Wildman–Crippen MR) is 77.8 cm³/mol. The Morgan fingerprint density at radius 3 is 2.60 bits per heavy atom. The lowest BCUT2D eigenvalue weighted by molar-refractivity contribution is -0.120. The third kappa shape index (κ3) is 6.57. The van der Waals surface area contributed by atoms with Crippen LogP contribution in [0.15, 0.2) is 18.2 Å². The summed E-state index contributed by atoms with van der Waals surface area (Å²) >= 11 is 0. The summed E-state index contributed by atoms with van der Waals surface area (Å²) < 4.78 is 5.40. The number of aromatic hydroxyl groups is 2. The normalized spacial score (nSPS) is 10.7. The Labute approximate surface area is 120 Å². The molecule has 0 fully saturated rings. The van der Waals surface area contributed by atoms with Crippen LogP contribution in [0, 0.1) is 0 Å². The van der Waals surface area contributed by atoms with Gasteiger partial charge in [-0.25, -0.2) is 0 Å². The molecule has 0 spiro atoms. The monoisotopic (exact) mass is 280 g/mol. The number of hydrogen-bond donors (Lipinski definition) is 2. The van der Waals surface area contributed by atoms with Gasteiger partial charge in [-0.3, -0.25) is 4.79 Å². The first kappa shape index (κ1) is 16.5. The van der Waals surface area contributed by atoms with Crippen molar-refractivity contribution >= 4 is 5.78 Å². The summed E-state index contributed by atoms with van der Waals surface area (Å²) in [6, 6.07) is 4.57. The number of benzene rings is 1. The van der Waals surface area contributed by atoms with Crippen LogP contribution in [0.2, 0.25) is 0 Å². The second-order valence-electron chi connectivity index (χ2n) is 4.97. The average Bonchev–Trinajstić information content (AvgIpc) is 2.43. The van der Waals surface area contributed by atoms with E-state index in [0.29, 0.717) is 26.1 Å². The molecule has 0 amide bonds. The summed E-state index contributed by atoms with van der Waals surface area (Å²) in [7, 11) is 0. The Hall–Kier alpha value is -1.55. The maximum Gasteiger partial charge on any atom is 0.157 e. The number of Topliss-reactive ketones (excluding diaryl/α,β-unsaturated/α-hetero) is 1. The number of ether oxygens (including phenoxy) is 1. The van der Waals surface area contributed by atoms with Gasteiger partial charge in [-0.1, -0.05) is 32.3 Å². The van der Waals surface area contributed by atoms with Gasteiger partial charge in [0.25, 0.3) is 0 Å². The standard InChI is InChI=1S/C16H24O4/c1-2-3-4-5-6-14(17)9-10-20-12-13-7-8-15(18)16(19)11-13/h7-8,11,18-19H,2-6,9-10,12H2,1H3. The SMILES string of the molecule is CCCCCCC(=O)CCOCc1ccc(O)c(O)c1. The van der Waals surface area contributed by atoms with E-state index in [-0.39, 0.29) is 17.3 Å². The molecule has 0 atom stereocenters. The molecule has 0 aliphatic carbocycles. The number of carbonyl (C=O) groups is 1. The summed E-state index contributed by atoms with van der Waals surface area (Å²) in [4.78, 5) is 11.6. The van der Waals surface area contributed by atoms with E-state index in [1.807, 2.05) is 0 Å². The lowest BCUT2D eigenvalue weighted by Crippen LogP contribution is -2.04. The molecule has 20 heavy (non-hydrogen) atoms. The van der Waals surface area contributed by atoms with E-state index in [2.05, 4.69) is 6.92 Å². The molecule has 0 saturated carbocycles. The summed E-state index contributed by atoms with van der Waals surface area (Å²) in [5.41, 5.74) is 0.774. The van der Waals surface area contributed by atoms with Gasteiger partial charge >= 0.3 is 0 Å². The predicted octanol–water partition coefficient (Wildman–Crippen LogP) is 3.54. The minimum absolute atomic E-state index is 0.143. The molecule has 0 unspecified atom stereocenters.